The van der Waals surface area contributed by atoms with Crippen LogP contribution in [-0.2, 0) is 14.8 Å². The molecule has 2 fully saturated rings. The SMILES string of the molecule is O=C(C1CCN(C2=NS(=O)(=O)c3ccccc32)CC1)N1CCCC1. The molecule has 1 aromatic carbocycles. The first-order valence-electron chi connectivity index (χ1n) is 8.54. The molecule has 0 saturated carbocycles. The van der Waals surface area contributed by atoms with Crippen LogP contribution in [-0.4, -0.2) is 56.1 Å². The summed E-state index contributed by atoms with van der Waals surface area (Å²) in [5.74, 6) is 0.874. The normalized spacial score (nSPS) is 23.2. The second-order valence-corrected chi connectivity index (χ2v) is 8.25. The van der Waals surface area contributed by atoms with Crippen molar-refractivity contribution in [2.75, 3.05) is 26.2 Å². The van der Waals surface area contributed by atoms with Crippen molar-refractivity contribution < 1.29 is 13.2 Å². The molecular formula is C17H21N3O3S. The van der Waals surface area contributed by atoms with Crippen molar-refractivity contribution in [3.63, 3.8) is 0 Å². The Balaban J connectivity index is 1.48. The molecule has 3 heterocycles. The molecule has 0 aliphatic carbocycles. The first kappa shape index (κ1) is 15.6. The molecule has 0 aromatic heterocycles. The minimum absolute atomic E-state index is 0.0632. The number of sulfonamides is 1. The predicted molar refractivity (Wildman–Crippen MR) is 90.3 cm³/mol. The van der Waals surface area contributed by atoms with E-state index in [2.05, 4.69) is 4.40 Å². The molecule has 24 heavy (non-hydrogen) atoms. The van der Waals surface area contributed by atoms with Crippen LogP contribution in [0.3, 0.4) is 0 Å². The maximum atomic E-state index is 12.5. The lowest BCUT2D eigenvalue weighted by atomic mass is 9.94. The van der Waals surface area contributed by atoms with Crippen LogP contribution in [0, 0.1) is 5.92 Å². The Morgan fingerprint density at radius 2 is 1.71 bits per heavy atom. The molecule has 6 nitrogen and oxygen atoms in total. The van der Waals surface area contributed by atoms with E-state index in [1.807, 2.05) is 15.9 Å². The third-order valence-corrected chi connectivity index (χ3v) is 6.50. The van der Waals surface area contributed by atoms with Gasteiger partial charge < -0.3 is 9.80 Å². The van der Waals surface area contributed by atoms with Gasteiger partial charge in [-0.25, -0.2) is 0 Å². The van der Waals surface area contributed by atoms with Gasteiger partial charge in [0.25, 0.3) is 10.0 Å². The average Bonchev–Trinajstić information content (AvgIpc) is 3.22. The van der Waals surface area contributed by atoms with Gasteiger partial charge in [0.2, 0.25) is 5.91 Å². The molecule has 3 aliphatic rings. The number of carbonyl (C=O) groups excluding carboxylic acids is 1. The fourth-order valence-electron chi connectivity index (χ4n) is 3.85. The highest BCUT2D eigenvalue weighted by Crippen LogP contribution is 2.30. The van der Waals surface area contributed by atoms with Crippen molar-refractivity contribution in [1.82, 2.24) is 9.80 Å². The quantitative estimate of drug-likeness (QED) is 0.771. The Morgan fingerprint density at radius 1 is 1.04 bits per heavy atom. The number of hydrogen-bond acceptors (Lipinski definition) is 4. The third-order valence-electron chi connectivity index (χ3n) is 5.17. The predicted octanol–water partition coefficient (Wildman–Crippen LogP) is 1.47. The van der Waals surface area contributed by atoms with Gasteiger partial charge in [0.1, 0.15) is 4.90 Å². The number of benzene rings is 1. The van der Waals surface area contributed by atoms with Crippen molar-refractivity contribution in [2.45, 2.75) is 30.6 Å². The zero-order valence-corrected chi connectivity index (χ0v) is 14.3. The number of nitrogens with zero attached hydrogens (tertiary/aromatic N) is 3. The molecule has 1 aromatic rings. The van der Waals surface area contributed by atoms with E-state index in [-0.39, 0.29) is 16.7 Å². The fraction of sp³-hybridized carbons (Fsp3) is 0.529. The van der Waals surface area contributed by atoms with E-state index in [0.717, 1.165) is 38.8 Å². The van der Waals surface area contributed by atoms with E-state index in [0.29, 0.717) is 24.5 Å². The zero-order chi connectivity index (χ0) is 16.7. The lowest BCUT2D eigenvalue weighted by molar-refractivity contribution is -0.135. The van der Waals surface area contributed by atoms with Crippen molar-refractivity contribution >= 4 is 21.8 Å². The van der Waals surface area contributed by atoms with Gasteiger partial charge in [-0.1, -0.05) is 12.1 Å². The average molecular weight is 347 g/mol. The summed E-state index contributed by atoms with van der Waals surface area (Å²) in [4.78, 5) is 16.8. The molecule has 1 amide bonds. The van der Waals surface area contributed by atoms with Crippen molar-refractivity contribution in [1.29, 1.82) is 0 Å². The number of piperidine rings is 1. The third kappa shape index (κ3) is 2.60. The fourth-order valence-corrected chi connectivity index (χ4v) is 5.08. The second-order valence-electron chi connectivity index (χ2n) is 6.68. The van der Waals surface area contributed by atoms with Gasteiger partial charge in [0, 0.05) is 37.7 Å². The van der Waals surface area contributed by atoms with Gasteiger partial charge >= 0.3 is 0 Å². The summed E-state index contributed by atoms with van der Waals surface area (Å²) in [6, 6.07) is 6.96. The van der Waals surface area contributed by atoms with Gasteiger partial charge in [-0.05, 0) is 37.8 Å². The Kier molecular flexibility index (Phi) is 3.83. The van der Waals surface area contributed by atoms with Gasteiger partial charge in [-0.2, -0.15) is 8.42 Å². The van der Waals surface area contributed by atoms with E-state index in [4.69, 9.17) is 0 Å². The summed E-state index contributed by atoms with van der Waals surface area (Å²) in [7, 11) is -3.58. The summed E-state index contributed by atoms with van der Waals surface area (Å²) in [6.45, 7) is 3.12. The molecule has 128 valence electrons. The van der Waals surface area contributed by atoms with E-state index < -0.39 is 10.0 Å². The van der Waals surface area contributed by atoms with Crippen LogP contribution in [0.1, 0.15) is 31.2 Å². The number of rotatable bonds is 1. The van der Waals surface area contributed by atoms with E-state index >= 15 is 0 Å². The minimum Gasteiger partial charge on any atom is -0.355 e. The van der Waals surface area contributed by atoms with Crippen LogP contribution in [0.2, 0.25) is 0 Å². The summed E-state index contributed by atoms with van der Waals surface area (Å²) >= 11 is 0. The highest BCUT2D eigenvalue weighted by atomic mass is 32.2. The lowest BCUT2D eigenvalue weighted by Crippen LogP contribution is -2.43. The molecule has 4 rings (SSSR count). The number of carbonyl (C=O) groups is 1. The van der Waals surface area contributed by atoms with E-state index in [9.17, 15) is 13.2 Å². The van der Waals surface area contributed by atoms with E-state index in [1.165, 1.54) is 0 Å². The van der Waals surface area contributed by atoms with Crippen LogP contribution in [0.15, 0.2) is 33.6 Å². The molecule has 3 aliphatic heterocycles. The van der Waals surface area contributed by atoms with E-state index in [1.54, 1.807) is 18.2 Å². The molecule has 0 N–H and O–H groups in total. The minimum atomic E-state index is -3.58. The number of likely N-dealkylation sites (tertiary alicyclic amines) is 2. The van der Waals surface area contributed by atoms with Crippen molar-refractivity contribution in [3.8, 4) is 0 Å². The molecule has 0 radical (unpaired) electrons. The molecule has 0 bridgehead atoms. The Labute approximate surface area is 142 Å². The maximum Gasteiger partial charge on any atom is 0.285 e. The van der Waals surface area contributed by atoms with Crippen LogP contribution >= 0.6 is 0 Å². The molecule has 2 saturated heterocycles. The Hall–Kier alpha value is -1.89. The van der Waals surface area contributed by atoms with Crippen molar-refractivity contribution in [3.05, 3.63) is 29.8 Å². The largest absolute Gasteiger partial charge is 0.355 e. The first-order valence-corrected chi connectivity index (χ1v) is 9.98. The monoisotopic (exact) mass is 347 g/mol. The smallest absolute Gasteiger partial charge is 0.285 e. The number of fused-ring (bicyclic) bond motifs is 1. The second kappa shape index (κ2) is 5.88. The van der Waals surface area contributed by atoms with Crippen LogP contribution in [0.4, 0.5) is 0 Å². The van der Waals surface area contributed by atoms with Crippen LogP contribution in [0.5, 0.6) is 0 Å². The molecular weight excluding hydrogens is 326 g/mol. The van der Waals surface area contributed by atoms with Gasteiger partial charge in [-0.15, -0.1) is 4.40 Å². The summed E-state index contributed by atoms with van der Waals surface area (Å²) < 4.78 is 28.3. The molecule has 0 unspecified atom stereocenters. The molecule has 0 atom stereocenters. The highest BCUT2D eigenvalue weighted by Gasteiger charge is 2.35. The van der Waals surface area contributed by atoms with Crippen molar-refractivity contribution in [2.24, 2.45) is 10.3 Å². The number of amides is 1. The Bertz CT molecular complexity index is 789. The summed E-state index contributed by atoms with van der Waals surface area (Å²) in [5, 5.41) is 0. The van der Waals surface area contributed by atoms with Gasteiger partial charge in [0.15, 0.2) is 5.84 Å². The van der Waals surface area contributed by atoms with Crippen LogP contribution in [0.25, 0.3) is 0 Å². The highest BCUT2D eigenvalue weighted by molar-refractivity contribution is 7.90. The van der Waals surface area contributed by atoms with Gasteiger partial charge in [-0.3, -0.25) is 4.79 Å². The lowest BCUT2D eigenvalue weighted by Gasteiger charge is -2.34. The topological polar surface area (TPSA) is 70.0 Å². The summed E-state index contributed by atoms with van der Waals surface area (Å²) in [6.07, 6.45) is 3.74. The maximum absolute atomic E-state index is 12.5. The summed E-state index contributed by atoms with van der Waals surface area (Å²) in [5.41, 5.74) is 0.682. The van der Waals surface area contributed by atoms with Crippen LogP contribution < -0.4 is 0 Å². The van der Waals surface area contributed by atoms with Gasteiger partial charge in [0.05, 0.1) is 0 Å². The first-order chi connectivity index (χ1) is 11.6. The Morgan fingerprint density at radius 3 is 2.42 bits per heavy atom. The number of hydrogen-bond donors (Lipinski definition) is 0. The molecule has 7 heteroatoms. The number of amidine groups is 1. The molecule has 0 spiro atoms. The standard InChI is InChI=1S/C17H21N3O3S/c21-17(20-9-3-4-10-20)13-7-11-19(12-8-13)16-14-5-1-2-6-15(14)24(22,23)18-16/h1-2,5-6,13H,3-4,7-12H2. The zero-order valence-electron chi connectivity index (χ0n) is 13.5.